The first-order chi connectivity index (χ1) is 13.0. The summed E-state index contributed by atoms with van der Waals surface area (Å²) in [5.74, 6) is 1.30. The first kappa shape index (κ1) is 25.0. The molecule has 7 nitrogen and oxygen atoms in total. The summed E-state index contributed by atoms with van der Waals surface area (Å²) < 4.78 is 61.5. The Hall–Kier alpha value is -1.07. The number of hydrogen-bond acceptors (Lipinski definition) is 4. The maximum Gasteiger partial charge on any atom is 0.511 e. The van der Waals surface area contributed by atoms with Crippen LogP contribution in [0.4, 0.5) is 13.2 Å². The maximum absolute atomic E-state index is 12.7. The number of alkyl halides is 3. The van der Waals surface area contributed by atoms with E-state index in [0.717, 1.165) is 6.42 Å². The summed E-state index contributed by atoms with van der Waals surface area (Å²) in [7, 11) is -5.26. The van der Waals surface area contributed by atoms with Gasteiger partial charge in [-0.15, -0.1) is 0 Å². The fraction of sp³-hybridized carbons (Fsp3) is 0.941. The highest BCUT2D eigenvalue weighted by Crippen LogP contribution is 2.28. The molecule has 0 aromatic heterocycles. The molecule has 3 N–H and O–H groups in total. The molecular formula is C17H33F3N4O3S. The average Bonchev–Trinajstić information content (AvgIpc) is 2.59. The molecule has 1 saturated heterocycles. The lowest BCUT2D eigenvalue weighted by Crippen LogP contribution is -2.51. The van der Waals surface area contributed by atoms with E-state index in [9.17, 15) is 26.7 Å². The van der Waals surface area contributed by atoms with Crippen LogP contribution in [0.3, 0.4) is 0 Å². The number of nitrogens with zero attached hydrogens (tertiary/aromatic N) is 2. The van der Waals surface area contributed by atoms with Gasteiger partial charge >= 0.3 is 15.5 Å². The third kappa shape index (κ3) is 7.75. The minimum Gasteiger partial charge on any atom is -0.396 e. The average molecular weight is 431 g/mol. The fourth-order valence-corrected chi connectivity index (χ4v) is 4.24. The van der Waals surface area contributed by atoms with Crippen molar-refractivity contribution < 1.29 is 26.7 Å². The zero-order valence-electron chi connectivity index (χ0n) is 16.8. The molecule has 1 atom stereocenters. The van der Waals surface area contributed by atoms with Crippen molar-refractivity contribution in [2.75, 3.05) is 32.8 Å². The van der Waals surface area contributed by atoms with E-state index in [-0.39, 0.29) is 44.5 Å². The van der Waals surface area contributed by atoms with E-state index < -0.39 is 15.5 Å². The molecule has 0 aromatic rings. The number of rotatable bonds is 9. The normalized spacial score (nSPS) is 19.1. The van der Waals surface area contributed by atoms with Gasteiger partial charge in [0.1, 0.15) is 0 Å². The molecular weight excluding hydrogens is 397 g/mol. The van der Waals surface area contributed by atoms with Crippen molar-refractivity contribution in [3.8, 4) is 0 Å². The van der Waals surface area contributed by atoms with Gasteiger partial charge in [0.05, 0.1) is 0 Å². The summed E-state index contributed by atoms with van der Waals surface area (Å²) in [5, 5.41) is 15.5. The predicted octanol–water partition coefficient (Wildman–Crippen LogP) is 1.90. The maximum atomic E-state index is 12.7. The molecule has 1 heterocycles. The van der Waals surface area contributed by atoms with Crippen LogP contribution < -0.4 is 10.6 Å². The molecule has 0 amide bonds. The van der Waals surface area contributed by atoms with Gasteiger partial charge in [-0.25, -0.2) is 8.42 Å². The lowest BCUT2D eigenvalue weighted by atomic mass is 9.94. The van der Waals surface area contributed by atoms with Crippen LogP contribution in [0.2, 0.25) is 0 Å². The third-order valence-corrected chi connectivity index (χ3v) is 6.25. The van der Waals surface area contributed by atoms with Gasteiger partial charge in [0.25, 0.3) is 0 Å². The molecule has 1 rings (SSSR count). The van der Waals surface area contributed by atoms with E-state index in [1.54, 1.807) is 0 Å². The highest BCUT2D eigenvalue weighted by Gasteiger charge is 2.50. The quantitative estimate of drug-likeness (QED) is 0.384. The van der Waals surface area contributed by atoms with Gasteiger partial charge < -0.3 is 15.7 Å². The molecule has 1 fully saturated rings. The Morgan fingerprint density at radius 1 is 1.29 bits per heavy atom. The number of guanidine groups is 1. The lowest BCUT2D eigenvalue weighted by Gasteiger charge is -2.32. The van der Waals surface area contributed by atoms with Gasteiger partial charge in [-0.1, -0.05) is 13.8 Å². The zero-order valence-corrected chi connectivity index (χ0v) is 17.6. The first-order valence-corrected chi connectivity index (χ1v) is 11.2. The van der Waals surface area contributed by atoms with Crippen LogP contribution in [0.15, 0.2) is 4.99 Å². The van der Waals surface area contributed by atoms with Crippen LogP contribution in [0.1, 0.15) is 46.5 Å². The van der Waals surface area contributed by atoms with E-state index in [1.165, 1.54) is 0 Å². The zero-order chi connectivity index (χ0) is 21.4. The summed E-state index contributed by atoms with van der Waals surface area (Å²) in [6.07, 6.45) is 2.14. The topological polar surface area (TPSA) is 94.0 Å². The molecule has 0 spiro atoms. The minimum absolute atomic E-state index is 0.100. The summed E-state index contributed by atoms with van der Waals surface area (Å²) in [5.41, 5.74) is -5.26. The third-order valence-electron chi connectivity index (χ3n) is 4.62. The number of nitrogens with one attached hydrogen (secondary N) is 2. The summed E-state index contributed by atoms with van der Waals surface area (Å²) in [6, 6.07) is -0.154. The summed E-state index contributed by atoms with van der Waals surface area (Å²) in [6.45, 7) is 7.04. The van der Waals surface area contributed by atoms with Crippen LogP contribution in [-0.4, -0.2) is 68.1 Å². The molecule has 1 unspecified atom stereocenters. The van der Waals surface area contributed by atoms with Gasteiger partial charge in [-0.3, -0.25) is 4.99 Å². The molecule has 0 aliphatic carbocycles. The summed E-state index contributed by atoms with van der Waals surface area (Å²) >= 11 is 0. The smallest absolute Gasteiger partial charge is 0.396 e. The molecule has 0 aromatic carbocycles. The number of hydrogen-bond donors (Lipinski definition) is 3. The minimum atomic E-state index is -5.26. The van der Waals surface area contributed by atoms with E-state index in [4.69, 9.17) is 0 Å². The monoisotopic (exact) mass is 430 g/mol. The highest BCUT2D eigenvalue weighted by atomic mass is 32.2. The molecule has 0 radical (unpaired) electrons. The Labute approximate surface area is 165 Å². The van der Waals surface area contributed by atoms with Crippen molar-refractivity contribution in [3.05, 3.63) is 0 Å². The number of sulfonamides is 1. The largest absolute Gasteiger partial charge is 0.511 e. The molecule has 1 aliphatic rings. The van der Waals surface area contributed by atoms with Crippen LogP contribution in [-0.2, 0) is 10.0 Å². The Balaban J connectivity index is 2.66. The van der Waals surface area contributed by atoms with Crippen LogP contribution in [0.5, 0.6) is 0 Å². The van der Waals surface area contributed by atoms with Gasteiger partial charge in [-0.05, 0) is 44.4 Å². The Morgan fingerprint density at radius 2 is 1.89 bits per heavy atom. The second kappa shape index (κ2) is 11.2. The standard InChI is InChI=1S/C17H33F3N4O3S/c1-4-21-16(22-12-14(7-10-25)11-13(2)3)23-15-5-8-24(9-6-15)28(26,27)17(18,19)20/h13-15,25H,4-12H2,1-3H3,(H2,21,22,23). The SMILES string of the molecule is CCNC(=NCC(CCO)CC(C)C)NC1CCN(S(=O)(=O)C(F)(F)F)CC1. The Morgan fingerprint density at radius 3 is 2.36 bits per heavy atom. The molecule has 28 heavy (non-hydrogen) atoms. The molecule has 0 bridgehead atoms. The highest BCUT2D eigenvalue weighted by molar-refractivity contribution is 7.90. The molecule has 1 aliphatic heterocycles. The molecule has 11 heteroatoms. The number of piperidine rings is 1. The fourth-order valence-electron chi connectivity index (χ4n) is 3.25. The summed E-state index contributed by atoms with van der Waals surface area (Å²) in [4.78, 5) is 4.56. The Kier molecular flexibility index (Phi) is 9.99. The van der Waals surface area contributed by atoms with Crippen molar-refractivity contribution in [2.24, 2.45) is 16.8 Å². The van der Waals surface area contributed by atoms with E-state index in [1.807, 2.05) is 6.92 Å². The van der Waals surface area contributed by atoms with E-state index in [2.05, 4.69) is 29.5 Å². The van der Waals surface area contributed by atoms with Gasteiger partial charge in [0.15, 0.2) is 5.96 Å². The van der Waals surface area contributed by atoms with Gasteiger partial charge in [0.2, 0.25) is 0 Å². The van der Waals surface area contributed by atoms with Crippen LogP contribution in [0.25, 0.3) is 0 Å². The Bertz CT molecular complexity index is 589. The van der Waals surface area contributed by atoms with Gasteiger partial charge in [0, 0.05) is 38.8 Å². The second-order valence-corrected chi connectivity index (χ2v) is 9.43. The first-order valence-electron chi connectivity index (χ1n) is 9.73. The van der Waals surface area contributed by atoms with Crippen molar-refractivity contribution in [2.45, 2.75) is 58.0 Å². The number of halogens is 3. The van der Waals surface area contributed by atoms with Crippen LogP contribution in [0, 0.1) is 11.8 Å². The van der Waals surface area contributed by atoms with Gasteiger partial charge in [-0.2, -0.15) is 17.5 Å². The number of aliphatic hydroxyl groups excluding tert-OH is 1. The van der Waals surface area contributed by atoms with E-state index >= 15 is 0 Å². The van der Waals surface area contributed by atoms with Crippen molar-refractivity contribution in [1.82, 2.24) is 14.9 Å². The predicted molar refractivity (Wildman–Crippen MR) is 103 cm³/mol. The lowest BCUT2D eigenvalue weighted by molar-refractivity contribution is -0.0494. The van der Waals surface area contributed by atoms with E-state index in [0.29, 0.717) is 35.7 Å². The van der Waals surface area contributed by atoms with Crippen molar-refractivity contribution in [3.63, 3.8) is 0 Å². The number of aliphatic imine (C=N–C) groups is 1. The van der Waals surface area contributed by atoms with Crippen LogP contribution >= 0.6 is 0 Å². The van der Waals surface area contributed by atoms with Crippen molar-refractivity contribution in [1.29, 1.82) is 0 Å². The second-order valence-electron chi connectivity index (χ2n) is 7.50. The van der Waals surface area contributed by atoms with Crippen molar-refractivity contribution >= 4 is 16.0 Å². The molecule has 166 valence electrons. The number of aliphatic hydroxyl groups is 1. The molecule has 0 saturated carbocycles.